The fourth-order valence-electron chi connectivity index (χ4n) is 1.95. The molecule has 1 aromatic rings. The molecule has 2 amide bonds. The second-order valence-corrected chi connectivity index (χ2v) is 4.17. The molecule has 1 saturated heterocycles. The number of hydrogen-bond acceptors (Lipinski definition) is 1. The maximum absolute atomic E-state index is 12.7. The van der Waals surface area contributed by atoms with E-state index in [1.165, 1.54) is 23.1 Å². The summed E-state index contributed by atoms with van der Waals surface area (Å²) in [7, 11) is 0. The molecule has 0 bridgehead atoms. The van der Waals surface area contributed by atoms with Gasteiger partial charge in [0.15, 0.2) is 0 Å². The summed E-state index contributed by atoms with van der Waals surface area (Å²) in [6, 6.07) is 4.52. The Balaban J connectivity index is 2.16. The molecule has 3 nitrogen and oxygen atoms in total. The molecule has 1 N–H and O–H groups in total. The maximum Gasteiger partial charge on any atom is 0.418 e. The van der Waals surface area contributed by atoms with Gasteiger partial charge < -0.3 is 10.2 Å². The van der Waals surface area contributed by atoms with Crippen LogP contribution in [0.5, 0.6) is 0 Å². The number of nitrogens with one attached hydrogen (secondary N) is 1. The number of hydrogen-bond donors (Lipinski definition) is 1. The Labute approximate surface area is 103 Å². The summed E-state index contributed by atoms with van der Waals surface area (Å²) in [5.41, 5.74) is -1.01. The zero-order valence-corrected chi connectivity index (χ0v) is 9.63. The first-order valence-corrected chi connectivity index (χ1v) is 5.70. The topological polar surface area (TPSA) is 32.3 Å². The summed E-state index contributed by atoms with van der Waals surface area (Å²) in [6.45, 7) is 1.19. The Morgan fingerprint density at radius 2 is 1.78 bits per heavy atom. The van der Waals surface area contributed by atoms with Gasteiger partial charge >= 0.3 is 12.2 Å². The number of rotatable bonds is 1. The molecule has 0 unspecified atom stereocenters. The number of urea groups is 1. The summed E-state index contributed by atoms with van der Waals surface area (Å²) < 4.78 is 38.1. The Morgan fingerprint density at radius 3 is 2.39 bits per heavy atom. The summed E-state index contributed by atoms with van der Waals surface area (Å²) in [4.78, 5) is 13.3. The zero-order chi connectivity index (χ0) is 13.2. The van der Waals surface area contributed by atoms with Gasteiger partial charge in [-0.1, -0.05) is 12.1 Å². The Kier molecular flexibility index (Phi) is 3.45. The Hall–Kier alpha value is -1.72. The highest BCUT2D eigenvalue weighted by atomic mass is 19.4. The van der Waals surface area contributed by atoms with Gasteiger partial charge in [-0.15, -0.1) is 0 Å². The number of benzene rings is 1. The first-order chi connectivity index (χ1) is 8.48. The van der Waals surface area contributed by atoms with Crippen LogP contribution >= 0.6 is 0 Å². The third-order valence-corrected chi connectivity index (χ3v) is 2.87. The molecule has 0 spiro atoms. The Morgan fingerprint density at radius 1 is 1.17 bits per heavy atom. The van der Waals surface area contributed by atoms with Crippen LogP contribution in [0.2, 0.25) is 0 Å². The van der Waals surface area contributed by atoms with Crippen molar-refractivity contribution in [2.75, 3.05) is 18.4 Å². The number of anilines is 1. The van der Waals surface area contributed by atoms with E-state index in [4.69, 9.17) is 0 Å². The van der Waals surface area contributed by atoms with Gasteiger partial charge in [-0.25, -0.2) is 4.79 Å². The molecular formula is C12H13F3N2O. The predicted octanol–water partition coefficient (Wildman–Crippen LogP) is 3.33. The van der Waals surface area contributed by atoms with Gasteiger partial charge in [-0.2, -0.15) is 13.2 Å². The van der Waals surface area contributed by atoms with E-state index in [0.717, 1.165) is 18.9 Å². The molecule has 1 heterocycles. The van der Waals surface area contributed by atoms with Crippen LogP contribution in [0.1, 0.15) is 18.4 Å². The molecule has 1 fully saturated rings. The predicted molar refractivity (Wildman–Crippen MR) is 61.3 cm³/mol. The number of alkyl halides is 3. The number of likely N-dealkylation sites (tertiary alicyclic amines) is 1. The van der Waals surface area contributed by atoms with Crippen LogP contribution < -0.4 is 5.32 Å². The molecule has 0 saturated carbocycles. The van der Waals surface area contributed by atoms with Crippen molar-refractivity contribution in [3.05, 3.63) is 29.8 Å². The standard InChI is InChI=1S/C12H13F3N2O/c13-12(14,15)9-5-1-2-6-10(9)16-11(18)17-7-3-4-8-17/h1-2,5-6H,3-4,7-8H2,(H,16,18). The van der Waals surface area contributed by atoms with E-state index in [1.807, 2.05) is 0 Å². The van der Waals surface area contributed by atoms with Crippen molar-refractivity contribution in [1.29, 1.82) is 0 Å². The fraction of sp³-hybridized carbons (Fsp3) is 0.417. The van der Waals surface area contributed by atoms with Crippen molar-refractivity contribution in [1.82, 2.24) is 4.90 Å². The van der Waals surface area contributed by atoms with Crippen LogP contribution in [0, 0.1) is 0 Å². The monoisotopic (exact) mass is 258 g/mol. The number of carbonyl (C=O) groups is 1. The summed E-state index contributed by atoms with van der Waals surface area (Å²) >= 11 is 0. The lowest BCUT2D eigenvalue weighted by atomic mass is 10.1. The van der Waals surface area contributed by atoms with E-state index in [1.54, 1.807) is 0 Å². The van der Waals surface area contributed by atoms with E-state index in [9.17, 15) is 18.0 Å². The van der Waals surface area contributed by atoms with Crippen LogP contribution in [-0.2, 0) is 6.18 Å². The minimum atomic E-state index is -4.46. The molecule has 1 aromatic carbocycles. The lowest BCUT2D eigenvalue weighted by Crippen LogP contribution is -2.32. The van der Waals surface area contributed by atoms with Gasteiger partial charge in [-0.3, -0.25) is 0 Å². The van der Waals surface area contributed by atoms with Crippen LogP contribution in [-0.4, -0.2) is 24.0 Å². The van der Waals surface area contributed by atoms with Crippen LogP contribution in [0.15, 0.2) is 24.3 Å². The first kappa shape index (κ1) is 12.7. The average Bonchev–Trinajstić information content (AvgIpc) is 2.81. The van der Waals surface area contributed by atoms with Gasteiger partial charge in [-0.05, 0) is 25.0 Å². The minimum Gasteiger partial charge on any atom is -0.325 e. The molecule has 0 radical (unpaired) electrons. The van der Waals surface area contributed by atoms with Crippen LogP contribution in [0.25, 0.3) is 0 Å². The smallest absolute Gasteiger partial charge is 0.325 e. The fourth-order valence-corrected chi connectivity index (χ4v) is 1.95. The van der Waals surface area contributed by atoms with Crippen molar-refractivity contribution >= 4 is 11.7 Å². The largest absolute Gasteiger partial charge is 0.418 e. The number of amides is 2. The summed E-state index contributed by atoms with van der Waals surface area (Å²) in [6.07, 6.45) is -2.67. The number of nitrogens with zero attached hydrogens (tertiary/aromatic N) is 1. The van der Waals surface area contributed by atoms with E-state index in [2.05, 4.69) is 5.32 Å². The highest BCUT2D eigenvalue weighted by Crippen LogP contribution is 2.34. The normalized spacial score (nSPS) is 15.8. The number of carbonyl (C=O) groups excluding carboxylic acids is 1. The third-order valence-electron chi connectivity index (χ3n) is 2.87. The van der Waals surface area contributed by atoms with Gasteiger partial charge in [0.1, 0.15) is 0 Å². The number of para-hydroxylation sites is 1. The SMILES string of the molecule is O=C(Nc1ccccc1C(F)(F)F)N1CCCC1. The Bertz CT molecular complexity index is 439. The zero-order valence-electron chi connectivity index (χ0n) is 9.63. The van der Waals surface area contributed by atoms with Gasteiger partial charge in [0.05, 0.1) is 11.3 Å². The molecule has 98 valence electrons. The minimum absolute atomic E-state index is 0.193. The molecule has 0 atom stereocenters. The van der Waals surface area contributed by atoms with Crippen LogP contribution in [0.4, 0.5) is 23.7 Å². The van der Waals surface area contributed by atoms with Crippen molar-refractivity contribution in [2.24, 2.45) is 0 Å². The van der Waals surface area contributed by atoms with E-state index in [0.29, 0.717) is 13.1 Å². The van der Waals surface area contributed by atoms with E-state index >= 15 is 0 Å². The molecule has 6 heteroatoms. The van der Waals surface area contributed by atoms with Crippen molar-refractivity contribution < 1.29 is 18.0 Å². The van der Waals surface area contributed by atoms with Crippen molar-refractivity contribution in [2.45, 2.75) is 19.0 Å². The third kappa shape index (κ3) is 2.75. The van der Waals surface area contributed by atoms with Gasteiger partial charge in [0.25, 0.3) is 0 Å². The van der Waals surface area contributed by atoms with Gasteiger partial charge in [0.2, 0.25) is 0 Å². The van der Waals surface area contributed by atoms with E-state index < -0.39 is 17.8 Å². The molecule has 0 aliphatic carbocycles. The highest BCUT2D eigenvalue weighted by molar-refractivity contribution is 5.90. The van der Waals surface area contributed by atoms with E-state index in [-0.39, 0.29) is 5.69 Å². The molecule has 18 heavy (non-hydrogen) atoms. The first-order valence-electron chi connectivity index (χ1n) is 5.70. The second kappa shape index (κ2) is 4.88. The molecule has 2 rings (SSSR count). The summed E-state index contributed by atoms with van der Waals surface area (Å²) in [5.74, 6) is 0. The summed E-state index contributed by atoms with van der Waals surface area (Å²) in [5, 5.41) is 2.33. The van der Waals surface area contributed by atoms with Gasteiger partial charge in [0, 0.05) is 13.1 Å². The quantitative estimate of drug-likeness (QED) is 0.823. The average molecular weight is 258 g/mol. The number of halogens is 3. The lowest BCUT2D eigenvalue weighted by Gasteiger charge is -2.18. The molecule has 1 aliphatic rings. The molecular weight excluding hydrogens is 245 g/mol. The second-order valence-electron chi connectivity index (χ2n) is 4.17. The molecule has 0 aromatic heterocycles. The maximum atomic E-state index is 12.7. The van der Waals surface area contributed by atoms with Crippen molar-refractivity contribution in [3.8, 4) is 0 Å². The van der Waals surface area contributed by atoms with Crippen LogP contribution in [0.3, 0.4) is 0 Å². The lowest BCUT2D eigenvalue weighted by molar-refractivity contribution is -0.136. The van der Waals surface area contributed by atoms with Crippen molar-refractivity contribution in [3.63, 3.8) is 0 Å². The highest BCUT2D eigenvalue weighted by Gasteiger charge is 2.34. The molecule has 1 aliphatic heterocycles.